The molecule has 2 rings (SSSR count). The number of esters is 1. The molecule has 0 spiro atoms. The fraction of sp³-hybridized carbons (Fsp3) is 0.118. The van der Waals surface area contributed by atoms with E-state index in [4.69, 9.17) is 26.7 Å². The summed E-state index contributed by atoms with van der Waals surface area (Å²) in [5.41, 5.74) is 0.385. The summed E-state index contributed by atoms with van der Waals surface area (Å²) in [6.07, 6.45) is -1.21. The molecule has 2 aromatic rings. The first-order valence-electron chi connectivity index (χ1n) is 7.47. The first-order valence-corrected chi connectivity index (χ1v) is 9.39. The molecule has 1 amide bonds. The van der Waals surface area contributed by atoms with Gasteiger partial charge in [-0.2, -0.15) is 5.26 Å². The van der Waals surface area contributed by atoms with Gasteiger partial charge in [0.2, 0.25) is 10.0 Å². The number of ether oxygens (including phenoxy) is 1. The Bertz CT molecular complexity index is 1050. The van der Waals surface area contributed by atoms with E-state index in [9.17, 15) is 18.0 Å². The summed E-state index contributed by atoms with van der Waals surface area (Å²) in [5, 5.41) is 16.4. The quantitative estimate of drug-likeness (QED) is 0.727. The Balaban J connectivity index is 2.14. The van der Waals surface area contributed by atoms with Gasteiger partial charge in [-0.1, -0.05) is 23.7 Å². The van der Waals surface area contributed by atoms with Gasteiger partial charge in [-0.3, -0.25) is 4.79 Å². The highest BCUT2D eigenvalue weighted by Gasteiger charge is 2.22. The number of nitriles is 1. The zero-order valence-corrected chi connectivity index (χ0v) is 15.5. The van der Waals surface area contributed by atoms with Crippen LogP contribution in [0, 0.1) is 11.3 Å². The van der Waals surface area contributed by atoms with Crippen LogP contribution in [-0.2, 0) is 19.6 Å². The Kier molecular flexibility index (Phi) is 6.17. The fourth-order valence-corrected chi connectivity index (χ4v) is 3.13. The molecule has 0 aliphatic heterocycles. The molecular formula is C17H14ClN3O5S. The van der Waals surface area contributed by atoms with Gasteiger partial charge in [-0.15, -0.1) is 0 Å². The molecule has 0 saturated heterocycles. The summed E-state index contributed by atoms with van der Waals surface area (Å²) in [6, 6.07) is 11.7. The lowest BCUT2D eigenvalue weighted by molar-refractivity contribution is -0.123. The second-order valence-electron chi connectivity index (χ2n) is 5.38. The van der Waals surface area contributed by atoms with Crippen molar-refractivity contribution in [2.75, 3.05) is 5.32 Å². The molecule has 1 atom stereocenters. The van der Waals surface area contributed by atoms with Crippen LogP contribution >= 0.6 is 11.6 Å². The number of benzene rings is 2. The number of carbonyl (C=O) groups is 2. The monoisotopic (exact) mass is 407 g/mol. The molecule has 0 radical (unpaired) electrons. The number of rotatable bonds is 5. The third-order valence-corrected chi connectivity index (χ3v) is 4.82. The number of sulfonamides is 1. The van der Waals surface area contributed by atoms with Gasteiger partial charge in [0.1, 0.15) is 11.0 Å². The van der Waals surface area contributed by atoms with Crippen molar-refractivity contribution in [3.8, 4) is 6.07 Å². The number of primary sulfonamides is 1. The highest BCUT2D eigenvalue weighted by molar-refractivity contribution is 7.89. The molecule has 0 aromatic heterocycles. The molecule has 0 heterocycles. The molecule has 8 nitrogen and oxygen atoms in total. The highest BCUT2D eigenvalue weighted by atomic mass is 35.5. The fourth-order valence-electron chi connectivity index (χ4n) is 2.05. The summed E-state index contributed by atoms with van der Waals surface area (Å²) in [6.45, 7) is 1.33. The number of anilines is 1. The van der Waals surface area contributed by atoms with Crippen molar-refractivity contribution in [1.82, 2.24) is 0 Å². The van der Waals surface area contributed by atoms with Crippen molar-refractivity contribution in [2.45, 2.75) is 17.9 Å². The number of carbonyl (C=O) groups excluding carboxylic acids is 2. The van der Waals surface area contributed by atoms with Crippen molar-refractivity contribution < 1.29 is 22.7 Å². The van der Waals surface area contributed by atoms with Gasteiger partial charge in [0.15, 0.2) is 6.10 Å². The van der Waals surface area contributed by atoms with Crippen molar-refractivity contribution in [1.29, 1.82) is 5.26 Å². The van der Waals surface area contributed by atoms with Gasteiger partial charge in [-0.05, 0) is 37.3 Å². The standard InChI is InChI=1S/C17H14ClN3O5S/c1-10(16(22)21-14-5-3-2-4-12(14)9-19)26-17(23)11-6-7-13(18)15(8-11)27(20,24)25/h2-8,10H,1H3,(H,21,22)(H2,20,24,25). The van der Waals surface area contributed by atoms with E-state index in [0.29, 0.717) is 0 Å². The second kappa shape index (κ2) is 8.18. The molecule has 0 aliphatic carbocycles. The third kappa shape index (κ3) is 5.04. The van der Waals surface area contributed by atoms with Crippen molar-refractivity contribution >= 4 is 39.2 Å². The van der Waals surface area contributed by atoms with Crippen molar-refractivity contribution in [3.05, 3.63) is 58.6 Å². The van der Waals surface area contributed by atoms with Crippen LogP contribution in [0.5, 0.6) is 0 Å². The van der Waals surface area contributed by atoms with Crippen LogP contribution in [0.2, 0.25) is 5.02 Å². The number of hydrogen-bond acceptors (Lipinski definition) is 6. The van der Waals surface area contributed by atoms with Gasteiger partial charge in [-0.25, -0.2) is 18.4 Å². The van der Waals surface area contributed by atoms with E-state index >= 15 is 0 Å². The summed E-state index contributed by atoms with van der Waals surface area (Å²) >= 11 is 5.76. The summed E-state index contributed by atoms with van der Waals surface area (Å²) in [4.78, 5) is 24.0. The summed E-state index contributed by atoms with van der Waals surface area (Å²) in [5.74, 6) is -1.60. The summed E-state index contributed by atoms with van der Waals surface area (Å²) in [7, 11) is -4.13. The maximum atomic E-state index is 12.2. The Labute approximate surface area is 160 Å². The van der Waals surface area contributed by atoms with E-state index in [0.717, 1.165) is 6.07 Å². The van der Waals surface area contributed by atoms with Crippen LogP contribution in [-0.4, -0.2) is 26.4 Å². The topological polar surface area (TPSA) is 139 Å². The van der Waals surface area contributed by atoms with Gasteiger partial charge < -0.3 is 10.1 Å². The Morgan fingerprint density at radius 3 is 2.56 bits per heavy atom. The van der Waals surface area contributed by atoms with Gasteiger partial charge in [0.05, 0.1) is 21.8 Å². The van der Waals surface area contributed by atoms with Crippen molar-refractivity contribution in [2.24, 2.45) is 5.14 Å². The van der Waals surface area contributed by atoms with Crippen LogP contribution < -0.4 is 10.5 Å². The number of nitrogens with two attached hydrogens (primary N) is 1. The van der Waals surface area contributed by atoms with E-state index in [1.807, 2.05) is 6.07 Å². The smallest absolute Gasteiger partial charge is 0.338 e. The van der Waals surface area contributed by atoms with E-state index in [2.05, 4.69) is 5.32 Å². The zero-order valence-electron chi connectivity index (χ0n) is 14.0. The Morgan fingerprint density at radius 1 is 1.26 bits per heavy atom. The van der Waals surface area contributed by atoms with Crippen LogP contribution in [0.25, 0.3) is 0 Å². The molecule has 3 N–H and O–H groups in total. The van der Waals surface area contributed by atoms with Crippen LogP contribution in [0.3, 0.4) is 0 Å². The number of amides is 1. The maximum Gasteiger partial charge on any atom is 0.338 e. The predicted octanol–water partition coefficient (Wildman–Crippen LogP) is 2.04. The first kappa shape index (κ1) is 20.4. The second-order valence-corrected chi connectivity index (χ2v) is 7.32. The lowest BCUT2D eigenvalue weighted by atomic mass is 10.2. The van der Waals surface area contributed by atoms with Gasteiger partial charge in [0.25, 0.3) is 5.91 Å². The summed E-state index contributed by atoms with van der Waals surface area (Å²) < 4.78 is 28.0. The zero-order chi connectivity index (χ0) is 20.2. The molecule has 27 heavy (non-hydrogen) atoms. The molecule has 10 heteroatoms. The Morgan fingerprint density at radius 2 is 1.93 bits per heavy atom. The van der Waals surface area contributed by atoms with E-state index in [1.165, 1.54) is 31.2 Å². The molecule has 0 saturated carbocycles. The number of halogens is 1. The SMILES string of the molecule is CC(OC(=O)c1ccc(Cl)c(S(N)(=O)=O)c1)C(=O)Nc1ccccc1C#N. The lowest BCUT2D eigenvalue weighted by Crippen LogP contribution is -2.30. The minimum absolute atomic E-state index is 0.138. The maximum absolute atomic E-state index is 12.2. The molecule has 1 unspecified atom stereocenters. The highest BCUT2D eigenvalue weighted by Crippen LogP contribution is 2.22. The minimum Gasteiger partial charge on any atom is -0.449 e. The normalized spacial score (nSPS) is 11.9. The number of hydrogen-bond donors (Lipinski definition) is 2. The van der Waals surface area contributed by atoms with E-state index in [-0.39, 0.29) is 21.8 Å². The van der Waals surface area contributed by atoms with Gasteiger partial charge in [0, 0.05) is 0 Å². The number of nitrogens with one attached hydrogen (secondary N) is 1. The molecule has 2 aromatic carbocycles. The predicted molar refractivity (Wildman–Crippen MR) is 97.5 cm³/mol. The molecular weight excluding hydrogens is 394 g/mol. The average molecular weight is 408 g/mol. The largest absolute Gasteiger partial charge is 0.449 e. The Hall–Kier alpha value is -2.93. The minimum atomic E-state index is -4.13. The van der Waals surface area contributed by atoms with Crippen LogP contribution in [0.4, 0.5) is 5.69 Å². The number of para-hydroxylation sites is 1. The van der Waals surface area contributed by atoms with Crippen LogP contribution in [0.1, 0.15) is 22.8 Å². The van der Waals surface area contributed by atoms with E-state index < -0.39 is 32.9 Å². The molecule has 0 fully saturated rings. The third-order valence-electron chi connectivity index (χ3n) is 3.43. The van der Waals surface area contributed by atoms with Crippen LogP contribution in [0.15, 0.2) is 47.4 Å². The molecule has 0 aliphatic rings. The molecule has 0 bridgehead atoms. The lowest BCUT2D eigenvalue weighted by Gasteiger charge is -2.14. The average Bonchev–Trinajstić information content (AvgIpc) is 2.61. The first-order chi connectivity index (χ1) is 12.6. The molecule has 140 valence electrons. The van der Waals surface area contributed by atoms with E-state index in [1.54, 1.807) is 12.1 Å². The number of nitrogens with zero attached hydrogens (tertiary/aromatic N) is 1. The van der Waals surface area contributed by atoms with Crippen molar-refractivity contribution in [3.63, 3.8) is 0 Å². The van der Waals surface area contributed by atoms with Gasteiger partial charge >= 0.3 is 5.97 Å².